The highest BCUT2D eigenvalue weighted by molar-refractivity contribution is 7.92. The van der Waals surface area contributed by atoms with Gasteiger partial charge >= 0.3 is 0 Å². The number of hydrogen-bond donors (Lipinski definition) is 1. The van der Waals surface area contributed by atoms with Crippen molar-refractivity contribution in [3.05, 3.63) is 54.3 Å². The second-order valence-corrected chi connectivity index (χ2v) is 6.03. The van der Waals surface area contributed by atoms with Crippen molar-refractivity contribution in [2.24, 2.45) is 0 Å². The van der Waals surface area contributed by atoms with Crippen LogP contribution < -0.4 is 10.0 Å². The molecule has 4 nitrogen and oxygen atoms in total. The summed E-state index contributed by atoms with van der Waals surface area (Å²) in [5.74, 6) is -0.811. The van der Waals surface area contributed by atoms with Crippen LogP contribution in [0.3, 0.4) is 0 Å². The van der Waals surface area contributed by atoms with Gasteiger partial charge in [-0.1, -0.05) is 18.2 Å². The molecule has 106 valence electrons. The summed E-state index contributed by atoms with van der Waals surface area (Å²) < 4.78 is 40.1. The number of benzene rings is 2. The van der Waals surface area contributed by atoms with Crippen molar-refractivity contribution in [3.63, 3.8) is 0 Å². The van der Waals surface area contributed by atoms with Crippen molar-refractivity contribution in [2.75, 3.05) is 16.6 Å². The van der Waals surface area contributed by atoms with Gasteiger partial charge in [0, 0.05) is 12.2 Å². The second-order valence-electron chi connectivity index (χ2n) is 4.20. The largest absolute Gasteiger partial charge is 0.399 e. The zero-order chi connectivity index (χ0) is 14.8. The molecule has 0 spiro atoms. The Morgan fingerprint density at radius 3 is 2.40 bits per heavy atom. The van der Waals surface area contributed by atoms with E-state index in [1.807, 2.05) is 0 Å². The van der Waals surface area contributed by atoms with E-state index in [0.29, 0.717) is 5.69 Å². The lowest BCUT2D eigenvalue weighted by molar-refractivity contribution is 0.564. The van der Waals surface area contributed by atoms with Crippen molar-refractivity contribution in [2.45, 2.75) is 11.8 Å². The van der Waals surface area contributed by atoms with Gasteiger partial charge in [0.2, 0.25) is 0 Å². The minimum absolute atomic E-state index is 0.195. The maximum atomic E-state index is 13.8. The molecule has 6 heteroatoms. The topological polar surface area (TPSA) is 63.4 Å². The summed E-state index contributed by atoms with van der Waals surface area (Å²) in [4.78, 5) is -0.414. The predicted molar refractivity (Wildman–Crippen MR) is 77.5 cm³/mol. The normalized spacial score (nSPS) is 11.3. The van der Waals surface area contributed by atoms with Gasteiger partial charge in [-0.2, -0.15) is 0 Å². The van der Waals surface area contributed by atoms with Gasteiger partial charge in [-0.3, -0.25) is 4.31 Å². The summed E-state index contributed by atoms with van der Waals surface area (Å²) in [5.41, 5.74) is 6.24. The highest BCUT2D eigenvalue weighted by Crippen LogP contribution is 2.26. The minimum Gasteiger partial charge on any atom is -0.399 e. The summed E-state index contributed by atoms with van der Waals surface area (Å²) in [7, 11) is -3.98. The van der Waals surface area contributed by atoms with Gasteiger partial charge in [0.1, 0.15) is 10.7 Å². The van der Waals surface area contributed by atoms with Crippen LogP contribution in [0.4, 0.5) is 15.8 Å². The van der Waals surface area contributed by atoms with Crippen LogP contribution in [-0.4, -0.2) is 15.0 Å². The molecule has 0 radical (unpaired) electrons. The SMILES string of the molecule is CCN(c1ccccc1)S(=O)(=O)c1cc(N)ccc1F. The molecule has 0 aliphatic carbocycles. The maximum absolute atomic E-state index is 13.8. The molecule has 0 bridgehead atoms. The molecule has 2 rings (SSSR count). The number of halogens is 1. The zero-order valence-corrected chi connectivity index (χ0v) is 11.8. The smallest absolute Gasteiger partial charge is 0.267 e. The first-order chi connectivity index (χ1) is 9.46. The van der Waals surface area contributed by atoms with Crippen LogP contribution in [0.1, 0.15) is 6.92 Å². The van der Waals surface area contributed by atoms with Gasteiger partial charge in [0.05, 0.1) is 5.69 Å². The molecule has 20 heavy (non-hydrogen) atoms. The molecule has 0 atom stereocenters. The number of sulfonamides is 1. The minimum atomic E-state index is -3.98. The fraction of sp³-hybridized carbons (Fsp3) is 0.143. The molecular weight excluding hydrogens is 279 g/mol. The molecule has 0 saturated carbocycles. The zero-order valence-electron chi connectivity index (χ0n) is 11.0. The molecule has 0 heterocycles. The third-order valence-corrected chi connectivity index (χ3v) is 4.77. The second kappa shape index (κ2) is 5.50. The number of anilines is 2. The molecule has 0 aliphatic rings. The first-order valence-electron chi connectivity index (χ1n) is 6.09. The van der Waals surface area contributed by atoms with Gasteiger partial charge < -0.3 is 5.73 Å². The molecule has 0 unspecified atom stereocenters. The van der Waals surface area contributed by atoms with E-state index in [9.17, 15) is 12.8 Å². The number of rotatable bonds is 4. The van der Waals surface area contributed by atoms with E-state index in [4.69, 9.17) is 5.73 Å². The van der Waals surface area contributed by atoms with E-state index < -0.39 is 20.7 Å². The van der Waals surface area contributed by atoms with Gasteiger partial charge in [-0.05, 0) is 37.3 Å². The number of hydrogen-bond acceptors (Lipinski definition) is 3. The van der Waals surface area contributed by atoms with Gasteiger partial charge in [0.15, 0.2) is 0 Å². The van der Waals surface area contributed by atoms with Crippen LogP contribution in [-0.2, 0) is 10.0 Å². The molecular formula is C14H15FN2O2S. The van der Waals surface area contributed by atoms with Crippen LogP contribution in [0, 0.1) is 5.82 Å². The van der Waals surface area contributed by atoms with Crippen LogP contribution in [0.2, 0.25) is 0 Å². The van der Waals surface area contributed by atoms with Gasteiger partial charge in [0.25, 0.3) is 10.0 Å². The Labute approximate surface area is 117 Å². The average molecular weight is 294 g/mol. The van der Waals surface area contributed by atoms with Crippen molar-refractivity contribution >= 4 is 21.4 Å². The fourth-order valence-electron chi connectivity index (χ4n) is 1.92. The number of nitrogen functional groups attached to an aromatic ring is 1. The van der Waals surface area contributed by atoms with E-state index in [2.05, 4.69) is 0 Å². The number of nitrogens with zero attached hydrogens (tertiary/aromatic N) is 1. The highest BCUT2D eigenvalue weighted by atomic mass is 32.2. The van der Waals surface area contributed by atoms with Crippen LogP contribution in [0.25, 0.3) is 0 Å². The van der Waals surface area contributed by atoms with E-state index >= 15 is 0 Å². The Hall–Kier alpha value is -2.08. The first kappa shape index (κ1) is 14.3. The lowest BCUT2D eigenvalue weighted by atomic mass is 10.3. The van der Waals surface area contributed by atoms with Crippen molar-refractivity contribution in [1.29, 1.82) is 0 Å². The predicted octanol–water partition coefficient (Wildman–Crippen LogP) is 2.62. The Bertz CT molecular complexity index is 702. The summed E-state index contributed by atoms with van der Waals surface area (Å²) in [6.45, 7) is 1.88. The van der Waals surface area contributed by atoms with Gasteiger partial charge in [-0.15, -0.1) is 0 Å². The summed E-state index contributed by atoms with van der Waals surface area (Å²) in [6.07, 6.45) is 0. The molecule has 2 aromatic rings. The third kappa shape index (κ3) is 2.60. The molecule has 2 aromatic carbocycles. The van der Waals surface area contributed by atoms with E-state index in [1.54, 1.807) is 37.3 Å². The Balaban J connectivity index is 2.56. The summed E-state index contributed by atoms with van der Waals surface area (Å²) >= 11 is 0. The van der Waals surface area contributed by atoms with Gasteiger partial charge in [-0.25, -0.2) is 12.8 Å². The van der Waals surface area contributed by atoms with Crippen LogP contribution >= 0.6 is 0 Å². The summed E-state index contributed by atoms with van der Waals surface area (Å²) in [5, 5.41) is 0. The molecule has 2 N–H and O–H groups in total. The molecule has 0 amide bonds. The number of nitrogens with two attached hydrogens (primary N) is 1. The van der Waals surface area contributed by atoms with E-state index in [-0.39, 0.29) is 12.2 Å². The Kier molecular flexibility index (Phi) is 3.94. The average Bonchev–Trinajstić information content (AvgIpc) is 2.43. The van der Waals surface area contributed by atoms with Crippen LogP contribution in [0.5, 0.6) is 0 Å². The molecule has 0 fully saturated rings. The highest BCUT2D eigenvalue weighted by Gasteiger charge is 2.26. The third-order valence-electron chi connectivity index (χ3n) is 2.85. The fourth-order valence-corrected chi connectivity index (χ4v) is 3.50. The Morgan fingerprint density at radius 1 is 1.15 bits per heavy atom. The quantitative estimate of drug-likeness (QED) is 0.882. The standard InChI is InChI=1S/C14H15FN2O2S/c1-2-17(12-6-4-3-5-7-12)20(18,19)14-10-11(16)8-9-13(14)15/h3-10H,2,16H2,1H3. The van der Waals surface area contributed by atoms with Crippen molar-refractivity contribution in [1.82, 2.24) is 0 Å². The maximum Gasteiger partial charge on any atom is 0.267 e. The van der Waals surface area contributed by atoms with E-state index in [1.165, 1.54) is 6.07 Å². The summed E-state index contributed by atoms with van der Waals surface area (Å²) in [6, 6.07) is 12.1. The Morgan fingerprint density at radius 2 is 1.80 bits per heavy atom. The molecule has 0 saturated heterocycles. The molecule has 0 aromatic heterocycles. The lowest BCUT2D eigenvalue weighted by Gasteiger charge is -2.23. The van der Waals surface area contributed by atoms with Crippen molar-refractivity contribution < 1.29 is 12.8 Å². The van der Waals surface area contributed by atoms with E-state index in [0.717, 1.165) is 16.4 Å². The monoisotopic (exact) mass is 294 g/mol. The lowest BCUT2D eigenvalue weighted by Crippen LogP contribution is -2.31. The van der Waals surface area contributed by atoms with Crippen molar-refractivity contribution in [3.8, 4) is 0 Å². The van der Waals surface area contributed by atoms with Crippen LogP contribution in [0.15, 0.2) is 53.4 Å². The molecule has 0 aliphatic heterocycles. The first-order valence-corrected chi connectivity index (χ1v) is 7.53. The number of para-hydroxylation sites is 1.